The van der Waals surface area contributed by atoms with E-state index < -0.39 is 18.0 Å². The van der Waals surface area contributed by atoms with Crippen molar-refractivity contribution >= 4 is 11.9 Å². The van der Waals surface area contributed by atoms with Crippen molar-refractivity contribution in [2.75, 3.05) is 0 Å². The van der Waals surface area contributed by atoms with E-state index in [2.05, 4.69) is 20.8 Å². The molecule has 0 amide bonds. The van der Waals surface area contributed by atoms with Crippen LogP contribution in [0.5, 0.6) is 0 Å². The number of aliphatic carboxylic acids is 1. The Morgan fingerprint density at radius 3 is 1.52 bits per heavy atom. The molecule has 0 saturated carbocycles. The maximum Gasteiger partial charge on any atom is 0.323 e. The molecule has 196 valence electrons. The number of unbranched alkanes of at least 4 members (excludes halogenated alkanes) is 15. The number of hydrogen-bond donors (Lipinski definition) is 2. The third-order valence-corrected chi connectivity index (χ3v) is 6.70. The van der Waals surface area contributed by atoms with Gasteiger partial charge < -0.3 is 15.6 Å². The zero-order valence-corrected chi connectivity index (χ0v) is 22.1. The van der Waals surface area contributed by atoms with Gasteiger partial charge in [-0.05, 0) is 25.2 Å². The van der Waals surface area contributed by atoms with Crippen LogP contribution >= 0.6 is 0 Å². The van der Waals surface area contributed by atoms with Crippen molar-refractivity contribution in [2.45, 2.75) is 161 Å². The van der Waals surface area contributed by atoms with Crippen molar-refractivity contribution in [1.29, 1.82) is 0 Å². The first kappa shape index (κ1) is 31.9. The van der Waals surface area contributed by atoms with Crippen LogP contribution in [0.3, 0.4) is 0 Å². The number of hydrogen-bond acceptors (Lipinski definition) is 4. The molecule has 5 nitrogen and oxygen atoms in total. The van der Waals surface area contributed by atoms with Gasteiger partial charge in [0.15, 0.2) is 0 Å². The second-order valence-electron chi connectivity index (χ2n) is 10.0. The number of carbonyl (C=O) groups is 2. The number of carboxylic acid groups (broad SMARTS) is 1. The fourth-order valence-electron chi connectivity index (χ4n) is 4.41. The number of ether oxygens (including phenoxy) is 1. The lowest BCUT2D eigenvalue weighted by Crippen LogP contribution is -2.38. The number of carboxylic acids is 1. The molecular weight excluding hydrogens is 414 g/mol. The van der Waals surface area contributed by atoms with Crippen LogP contribution in [0.25, 0.3) is 0 Å². The maximum atomic E-state index is 12.3. The molecule has 0 spiro atoms. The second-order valence-corrected chi connectivity index (χ2v) is 10.0. The molecule has 3 N–H and O–H groups in total. The third-order valence-electron chi connectivity index (χ3n) is 6.70. The SMILES string of the molecule is CCCCCCCCCCCCC(C)C(CCCCCCCCC)OC(=O)[C@@H](N)CC(=O)O. The molecule has 0 rings (SSSR count). The van der Waals surface area contributed by atoms with Gasteiger partial charge in [-0.25, -0.2) is 0 Å². The summed E-state index contributed by atoms with van der Waals surface area (Å²) in [4.78, 5) is 23.2. The molecule has 0 aliphatic carbocycles. The molecule has 5 heteroatoms. The van der Waals surface area contributed by atoms with E-state index in [1.807, 2.05) is 0 Å². The van der Waals surface area contributed by atoms with Gasteiger partial charge in [0.25, 0.3) is 0 Å². The third kappa shape index (κ3) is 20.0. The van der Waals surface area contributed by atoms with Crippen molar-refractivity contribution in [1.82, 2.24) is 0 Å². The van der Waals surface area contributed by atoms with E-state index in [0.717, 1.165) is 32.1 Å². The average Bonchev–Trinajstić information content (AvgIpc) is 2.78. The molecule has 0 aromatic carbocycles. The van der Waals surface area contributed by atoms with Crippen LogP contribution in [-0.2, 0) is 14.3 Å². The van der Waals surface area contributed by atoms with Gasteiger partial charge in [-0.3, -0.25) is 9.59 Å². The van der Waals surface area contributed by atoms with Crippen LogP contribution < -0.4 is 5.73 Å². The Balaban J connectivity index is 4.28. The summed E-state index contributed by atoms with van der Waals surface area (Å²) >= 11 is 0. The van der Waals surface area contributed by atoms with Gasteiger partial charge in [-0.2, -0.15) is 0 Å². The van der Waals surface area contributed by atoms with Crippen molar-refractivity contribution in [3.8, 4) is 0 Å². The Morgan fingerprint density at radius 2 is 1.09 bits per heavy atom. The summed E-state index contributed by atoms with van der Waals surface area (Å²) in [5, 5.41) is 8.91. The molecule has 0 aromatic rings. The lowest BCUT2D eigenvalue weighted by molar-refractivity contribution is -0.156. The maximum absolute atomic E-state index is 12.3. The van der Waals surface area contributed by atoms with Crippen molar-refractivity contribution < 1.29 is 19.4 Å². The summed E-state index contributed by atoms with van der Waals surface area (Å²) in [6.45, 7) is 6.64. The van der Waals surface area contributed by atoms with E-state index in [0.29, 0.717) is 0 Å². The van der Waals surface area contributed by atoms with Crippen molar-refractivity contribution in [2.24, 2.45) is 11.7 Å². The molecule has 0 radical (unpaired) electrons. The first-order valence-corrected chi connectivity index (χ1v) is 14.1. The number of esters is 1. The van der Waals surface area contributed by atoms with Gasteiger partial charge in [-0.15, -0.1) is 0 Å². The van der Waals surface area contributed by atoms with Gasteiger partial charge in [0.1, 0.15) is 12.1 Å². The highest BCUT2D eigenvalue weighted by Gasteiger charge is 2.25. The monoisotopic (exact) mass is 469 g/mol. The Kier molecular flexibility index (Phi) is 21.9. The van der Waals surface area contributed by atoms with Crippen LogP contribution in [0.2, 0.25) is 0 Å². The summed E-state index contributed by atoms with van der Waals surface area (Å²) in [7, 11) is 0. The molecule has 0 saturated heterocycles. The highest BCUT2D eigenvalue weighted by Crippen LogP contribution is 2.23. The van der Waals surface area contributed by atoms with Crippen LogP contribution in [0.15, 0.2) is 0 Å². The van der Waals surface area contributed by atoms with Crippen LogP contribution in [-0.4, -0.2) is 29.2 Å². The molecule has 0 aliphatic rings. The molecule has 0 fully saturated rings. The largest absolute Gasteiger partial charge is 0.481 e. The lowest BCUT2D eigenvalue weighted by atomic mass is 9.92. The minimum absolute atomic E-state index is 0.161. The van der Waals surface area contributed by atoms with Gasteiger partial charge in [0.05, 0.1) is 6.42 Å². The number of nitrogens with two attached hydrogens (primary N) is 1. The van der Waals surface area contributed by atoms with Gasteiger partial charge in [-0.1, -0.05) is 124 Å². The summed E-state index contributed by atoms with van der Waals surface area (Å²) in [6, 6.07) is -1.08. The Labute approximate surface area is 204 Å². The predicted molar refractivity (Wildman–Crippen MR) is 138 cm³/mol. The lowest BCUT2D eigenvalue weighted by Gasteiger charge is -2.25. The Hall–Kier alpha value is -1.10. The fourth-order valence-corrected chi connectivity index (χ4v) is 4.41. The van der Waals surface area contributed by atoms with Crippen LogP contribution in [0.1, 0.15) is 149 Å². The van der Waals surface area contributed by atoms with E-state index >= 15 is 0 Å². The first-order chi connectivity index (χ1) is 15.9. The van der Waals surface area contributed by atoms with E-state index in [4.69, 9.17) is 15.6 Å². The minimum atomic E-state index is -1.08. The first-order valence-electron chi connectivity index (χ1n) is 14.1. The second kappa shape index (κ2) is 22.7. The molecular formula is C28H55NO4. The molecule has 3 atom stereocenters. The van der Waals surface area contributed by atoms with Crippen molar-refractivity contribution in [3.63, 3.8) is 0 Å². The van der Waals surface area contributed by atoms with E-state index in [1.54, 1.807) is 0 Å². The van der Waals surface area contributed by atoms with Crippen LogP contribution in [0, 0.1) is 5.92 Å². The zero-order valence-electron chi connectivity index (χ0n) is 22.1. The van der Waals surface area contributed by atoms with Crippen LogP contribution in [0.4, 0.5) is 0 Å². The summed E-state index contributed by atoms with van der Waals surface area (Å²) in [5.74, 6) is -1.36. The highest BCUT2D eigenvalue weighted by molar-refractivity contribution is 5.81. The van der Waals surface area contributed by atoms with E-state index in [9.17, 15) is 9.59 Å². The topological polar surface area (TPSA) is 89.6 Å². The fraction of sp³-hybridized carbons (Fsp3) is 0.929. The van der Waals surface area contributed by atoms with Gasteiger partial charge in [0.2, 0.25) is 0 Å². The quantitative estimate of drug-likeness (QED) is 0.111. The summed E-state index contributed by atoms with van der Waals surface area (Å²) < 4.78 is 5.74. The standard InChI is InChI=1S/C28H55NO4/c1-4-6-8-10-12-13-14-16-17-19-21-24(3)26(22-20-18-15-11-9-7-5-2)33-28(32)25(29)23-27(30)31/h24-26H,4-23,29H2,1-3H3,(H,30,31)/t24?,25-,26?/m0/s1. The predicted octanol–water partition coefficient (Wildman–Crippen LogP) is 7.79. The average molecular weight is 470 g/mol. The normalized spacial score (nSPS) is 14.1. The molecule has 0 bridgehead atoms. The molecule has 0 aromatic heterocycles. The molecule has 0 aliphatic heterocycles. The van der Waals surface area contributed by atoms with Gasteiger partial charge in [0, 0.05) is 0 Å². The summed E-state index contributed by atoms with van der Waals surface area (Å²) in [5.41, 5.74) is 5.74. The zero-order chi connectivity index (χ0) is 24.7. The number of rotatable bonds is 24. The number of carbonyl (C=O) groups excluding carboxylic acids is 1. The summed E-state index contributed by atoms with van der Waals surface area (Å²) in [6.07, 6.45) is 23.0. The van der Waals surface area contributed by atoms with E-state index in [-0.39, 0.29) is 18.4 Å². The minimum Gasteiger partial charge on any atom is -0.481 e. The molecule has 0 heterocycles. The Morgan fingerprint density at radius 1 is 0.697 bits per heavy atom. The van der Waals surface area contributed by atoms with Gasteiger partial charge >= 0.3 is 11.9 Å². The molecule has 33 heavy (non-hydrogen) atoms. The Bertz CT molecular complexity index is 469. The van der Waals surface area contributed by atoms with Crippen molar-refractivity contribution in [3.05, 3.63) is 0 Å². The smallest absolute Gasteiger partial charge is 0.323 e. The van der Waals surface area contributed by atoms with E-state index in [1.165, 1.54) is 89.9 Å². The molecule has 2 unspecified atom stereocenters. The highest BCUT2D eigenvalue weighted by atomic mass is 16.5.